The summed E-state index contributed by atoms with van der Waals surface area (Å²) in [5.74, 6) is 1.76. The molecule has 5 aliphatic rings. The second kappa shape index (κ2) is 9.68. The van der Waals surface area contributed by atoms with Crippen LogP contribution in [0.5, 0.6) is 0 Å². The van der Waals surface area contributed by atoms with Gasteiger partial charge in [-0.15, -0.1) is 11.3 Å². The number of aliphatic carboxylic acids is 1. The summed E-state index contributed by atoms with van der Waals surface area (Å²) < 4.78 is 0. The zero-order valence-electron chi connectivity index (χ0n) is 27.3. The Morgan fingerprint density at radius 3 is 2.42 bits per heavy atom. The molecule has 2 aromatic rings. The standard InChI is InChI=1S/C38H52N2O2S/c1-23(2)25-15-18-38(32(41)42)20-19-36(6)26(30(25)38)13-14-29-35(5)21-27-31(34(3,4)28(35)16-17-37(29,36)7)40-33(43-27)39-22-24-11-9-8-10-12-24/h8-12,25-26,28-30H,1,13-22H2,2-7H3,(H,39,40)(H,41,42)/t25-,26+,28-,29+,30+,35-,36+,37+,38-/m0/s1. The fourth-order valence-electron chi connectivity index (χ4n) is 12.6. The Morgan fingerprint density at radius 1 is 0.977 bits per heavy atom. The van der Waals surface area contributed by atoms with Crippen molar-refractivity contribution in [3.8, 4) is 0 Å². The van der Waals surface area contributed by atoms with E-state index in [0.717, 1.165) is 43.8 Å². The molecule has 2 N–H and O–H groups in total. The molecule has 232 valence electrons. The monoisotopic (exact) mass is 600 g/mol. The second-order valence-corrected chi connectivity index (χ2v) is 17.8. The maximum atomic E-state index is 13.0. The largest absolute Gasteiger partial charge is 0.481 e. The molecule has 9 atom stereocenters. The quantitative estimate of drug-likeness (QED) is 0.336. The van der Waals surface area contributed by atoms with E-state index >= 15 is 0 Å². The number of fused-ring (bicyclic) bond motifs is 8. The summed E-state index contributed by atoms with van der Waals surface area (Å²) in [6.07, 6.45) is 9.73. The number of hydrogen-bond acceptors (Lipinski definition) is 4. The molecule has 0 bridgehead atoms. The van der Waals surface area contributed by atoms with Gasteiger partial charge in [0.25, 0.3) is 0 Å². The highest BCUT2D eigenvalue weighted by atomic mass is 32.1. The average Bonchev–Trinajstić information content (AvgIpc) is 3.55. The molecule has 4 saturated carbocycles. The van der Waals surface area contributed by atoms with Crippen LogP contribution in [0, 0.1) is 51.2 Å². The van der Waals surface area contributed by atoms with Crippen LogP contribution < -0.4 is 5.32 Å². The van der Waals surface area contributed by atoms with Crippen molar-refractivity contribution in [2.24, 2.45) is 51.2 Å². The SMILES string of the molecule is C=C(C)[C@@H]1CC[C@]2(C(=O)O)CC[C@]3(C)[C@H](CC[C@@H]4[C@@]5(C)Cc6sc(NCc7ccccc7)nc6C(C)(C)[C@@H]5CC[C@]43C)[C@@H]12. The van der Waals surface area contributed by atoms with E-state index in [0.29, 0.717) is 23.7 Å². The molecule has 0 unspecified atom stereocenters. The average molecular weight is 601 g/mol. The lowest BCUT2D eigenvalue weighted by Gasteiger charge is -2.72. The molecular weight excluding hydrogens is 548 g/mol. The smallest absolute Gasteiger partial charge is 0.309 e. The van der Waals surface area contributed by atoms with Crippen LogP contribution in [-0.4, -0.2) is 16.1 Å². The number of benzene rings is 1. The third-order valence-electron chi connectivity index (χ3n) is 14.8. The summed E-state index contributed by atoms with van der Waals surface area (Å²) in [6.45, 7) is 20.2. The first-order chi connectivity index (χ1) is 20.3. The van der Waals surface area contributed by atoms with Gasteiger partial charge >= 0.3 is 5.97 Å². The predicted octanol–water partition coefficient (Wildman–Crippen LogP) is 9.51. The van der Waals surface area contributed by atoms with Gasteiger partial charge in [-0.1, -0.05) is 77.1 Å². The Hall–Kier alpha value is -2.14. The Bertz CT molecular complexity index is 1450. The van der Waals surface area contributed by atoms with Crippen LogP contribution in [0.4, 0.5) is 5.13 Å². The van der Waals surface area contributed by atoms with Crippen molar-refractivity contribution >= 4 is 22.4 Å². The molecule has 7 rings (SSSR count). The van der Waals surface area contributed by atoms with Gasteiger partial charge in [0, 0.05) is 16.8 Å². The van der Waals surface area contributed by atoms with Crippen LogP contribution >= 0.6 is 11.3 Å². The van der Waals surface area contributed by atoms with E-state index in [2.05, 4.69) is 83.8 Å². The van der Waals surface area contributed by atoms with Crippen molar-refractivity contribution in [3.05, 3.63) is 58.6 Å². The van der Waals surface area contributed by atoms with Crippen LogP contribution in [0.15, 0.2) is 42.5 Å². The minimum Gasteiger partial charge on any atom is -0.481 e. The third-order valence-corrected chi connectivity index (χ3v) is 15.8. The van der Waals surface area contributed by atoms with Crippen LogP contribution in [-0.2, 0) is 23.2 Å². The number of rotatable bonds is 5. The molecule has 1 aromatic heterocycles. The highest BCUT2D eigenvalue weighted by molar-refractivity contribution is 7.15. The van der Waals surface area contributed by atoms with Crippen LogP contribution in [0.25, 0.3) is 0 Å². The van der Waals surface area contributed by atoms with E-state index in [1.54, 1.807) is 0 Å². The van der Waals surface area contributed by atoms with Gasteiger partial charge in [-0.3, -0.25) is 4.79 Å². The number of anilines is 1. The topological polar surface area (TPSA) is 62.2 Å². The summed E-state index contributed by atoms with van der Waals surface area (Å²) in [7, 11) is 0. The molecule has 5 aliphatic carbocycles. The lowest BCUT2D eigenvalue weighted by molar-refractivity contribution is -0.227. The number of thiazole rings is 1. The van der Waals surface area contributed by atoms with Crippen molar-refractivity contribution in [1.29, 1.82) is 0 Å². The number of carbonyl (C=O) groups is 1. The number of carboxylic acids is 1. The van der Waals surface area contributed by atoms with E-state index in [1.807, 2.05) is 11.3 Å². The molecule has 0 amide bonds. The molecule has 0 saturated heterocycles. The number of hydrogen-bond donors (Lipinski definition) is 2. The predicted molar refractivity (Wildman–Crippen MR) is 176 cm³/mol. The lowest BCUT2D eigenvalue weighted by Crippen LogP contribution is -2.66. The minimum atomic E-state index is -0.550. The molecule has 0 aliphatic heterocycles. The molecule has 4 fully saturated rings. The molecule has 0 radical (unpaired) electrons. The lowest BCUT2D eigenvalue weighted by atomic mass is 9.32. The number of nitrogens with zero attached hydrogens (tertiary/aromatic N) is 1. The fourth-order valence-corrected chi connectivity index (χ4v) is 13.9. The van der Waals surface area contributed by atoms with Gasteiger partial charge in [-0.25, -0.2) is 4.98 Å². The highest BCUT2D eigenvalue weighted by Gasteiger charge is 2.72. The first kappa shape index (κ1) is 29.6. The zero-order valence-corrected chi connectivity index (χ0v) is 28.1. The molecule has 43 heavy (non-hydrogen) atoms. The number of aromatic nitrogens is 1. The van der Waals surface area contributed by atoms with Crippen molar-refractivity contribution in [3.63, 3.8) is 0 Å². The van der Waals surface area contributed by atoms with Gasteiger partial charge in [0.2, 0.25) is 0 Å². The molecule has 1 aromatic carbocycles. The van der Waals surface area contributed by atoms with Crippen LogP contribution in [0.1, 0.15) is 109 Å². The zero-order chi connectivity index (χ0) is 30.6. The van der Waals surface area contributed by atoms with Crippen molar-refractivity contribution in [2.75, 3.05) is 5.32 Å². The van der Waals surface area contributed by atoms with E-state index in [-0.39, 0.29) is 27.6 Å². The number of carboxylic acid groups (broad SMARTS) is 1. The minimum absolute atomic E-state index is 0.0338. The summed E-state index contributed by atoms with van der Waals surface area (Å²) in [6, 6.07) is 10.6. The molecule has 0 spiro atoms. The van der Waals surface area contributed by atoms with Crippen molar-refractivity contribution < 1.29 is 9.90 Å². The summed E-state index contributed by atoms with van der Waals surface area (Å²) >= 11 is 1.89. The third kappa shape index (κ3) is 3.91. The Balaban J connectivity index is 1.22. The first-order valence-electron chi connectivity index (χ1n) is 16.9. The normalized spacial score (nSPS) is 42.5. The fraction of sp³-hybridized carbons (Fsp3) is 0.684. The highest BCUT2D eigenvalue weighted by Crippen LogP contribution is 2.77. The summed E-state index contributed by atoms with van der Waals surface area (Å²) in [5.41, 5.74) is 3.89. The van der Waals surface area contributed by atoms with Gasteiger partial charge in [-0.2, -0.15) is 0 Å². The molecule has 1 heterocycles. The Morgan fingerprint density at radius 2 is 1.72 bits per heavy atom. The summed E-state index contributed by atoms with van der Waals surface area (Å²) in [4.78, 5) is 19.7. The van der Waals surface area contributed by atoms with E-state index in [9.17, 15) is 9.90 Å². The van der Waals surface area contributed by atoms with Gasteiger partial charge < -0.3 is 10.4 Å². The first-order valence-corrected chi connectivity index (χ1v) is 17.8. The van der Waals surface area contributed by atoms with Gasteiger partial charge in [-0.05, 0) is 116 Å². The molecule has 5 heteroatoms. The Labute approximate surface area is 263 Å². The van der Waals surface area contributed by atoms with Gasteiger partial charge in [0.05, 0.1) is 11.1 Å². The van der Waals surface area contributed by atoms with Crippen LogP contribution in [0.2, 0.25) is 0 Å². The van der Waals surface area contributed by atoms with Gasteiger partial charge in [0.15, 0.2) is 5.13 Å². The van der Waals surface area contributed by atoms with E-state index in [1.165, 1.54) is 47.4 Å². The van der Waals surface area contributed by atoms with E-state index in [4.69, 9.17) is 4.98 Å². The molecular formula is C38H52N2O2S. The van der Waals surface area contributed by atoms with Gasteiger partial charge in [0.1, 0.15) is 0 Å². The van der Waals surface area contributed by atoms with E-state index < -0.39 is 11.4 Å². The summed E-state index contributed by atoms with van der Waals surface area (Å²) in [5, 5.41) is 15.4. The maximum absolute atomic E-state index is 13.0. The molecule has 4 nitrogen and oxygen atoms in total. The number of allylic oxidation sites excluding steroid dienone is 1. The maximum Gasteiger partial charge on any atom is 0.309 e. The van der Waals surface area contributed by atoms with Crippen LogP contribution in [0.3, 0.4) is 0 Å². The second-order valence-electron chi connectivity index (χ2n) is 16.7. The van der Waals surface area contributed by atoms with Crippen molar-refractivity contribution in [2.45, 2.75) is 111 Å². The number of nitrogens with one attached hydrogen (secondary N) is 1. The van der Waals surface area contributed by atoms with Crippen molar-refractivity contribution in [1.82, 2.24) is 4.98 Å². The Kier molecular flexibility index (Phi) is 6.65.